The lowest BCUT2D eigenvalue weighted by Crippen LogP contribution is -2.30. The number of para-hydroxylation sites is 1. The Kier molecular flexibility index (Phi) is 2.82. The number of fused-ring (bicyclic) bond motifs is 1. The number of rotatable bonds is 3. The number of benzene rings is 1. The SMILES string of the molecule is CC(Oc1cccc2ccc(=O)[nH]c12)C(N)=O. The van der Waals surface area contributed by atoms with Gasteiger partial charge in [-0.2, -0.15) is 0 Å². The van der Waals surface area contributed by atoms with Crippen molar-refractivity contribution >= 4 is 16.8 Å². The Morgan fingerprint density at radius 1 is 1.35 bits per heavy atom. The van der Waals surface area contributed by atoms with E-state index in [-0.39, 0.29) is 5.56 Å². The Morgan fingerprint density at radius 3 is 2.82 bits per heavy atom. The smallest absolute Gasteiger partial charge is 0.258 e. The number of carbonyl (C=O) groups excluding carboxylic acids is 1. The molecule has 0 fully saturated rings. The van der Waals surface area contributed by atoms with Crippen LogP contribution in [0.4, 0.5) is 0 Å². The summed E-state index contributed by atoms with van der Waals surface area (Å²) in [6, 6.07) is 8.42. The number of pyridine rings is 1. The molecule has 0 aliphatic carbocycles. The molecule has 1 aromatic heterocycles. The summed E-state index contributed by atoms with van der Waals surface area (Å²) in [7, 11) is 0. The van der Waals surface area contributed by atoms with Gasteiger partial charge in [-0.15, -0.1) is 0 Å². The average molecular weight is 232 g/mol. The van der Waals surface area contributed by atoms with E-state index in [0.717, 1.165) is 5.39 Å². The van der Waals surface area contributed by atoms with Gasteiger partial charge in [0.05, 0.1) is 5.52 Å². The van der Waals surface area contributed by atoms with Crippen LogP contribution in [0.1, 0.15) is 6.92 Å². The minimum atomic E-state index is -0.746. The van der Waals surface area contributed by atoms with Gasteiger partial charge >= 0.3 is 0 Å². The summed E-state index contributed by atoms with van der Waals surface area (Å²) in [6.45, 7) is 1.56. The van der Waals surface area contributed by atoms with Crippen molar-refractivity contribution in [2.24, 2.45) is 5.73 Å². The van der Waals surface area contributed by atoms with Crippen molar-refractivity contribution in [1.29, 1.82) is 0 Å². The van der Waals surface area contributed by atoms with E-state index < -0.39 is 12.0 Å². The highest BCUT2D eigenvalue weighted by molar-refractivity contribution is 5.85. The maximum Gasteiger partial charge on any atom is 0.258 e. The van der Waals surface area contributed by atoms with E-state index in [4.69, 9.17) is 10.5 Å². The van der Waals surface area contributed by atoms with Crippen LogP contribution in [0.25, 0.3) is 10.9 Å². The topological polar surface area (TPSA) is 85.2 Å². The van der Waals surface area contributed by atoms with Gasteiger partial charge in [-0.1, -0.05) is 12.1 Å². The lowest BCUT2D eigenvalue weighted by Gasteiger charge is -2.12. The number of amides is 1. The zero-order valence-corrected chi connectivity index (χ0v) is 9.27. The van der Waals surface area contributed by atoms with Crippen molar-refractivity contribution in [3.63, 3.8) is 0 Å². The van der Waals surface area contributed by atoms with E-state index in [1.807, 2.05) is 6.07 Å². The van der Waals surface area contributed by atoms with Crippen molar-refractivity contribution in [3.05, 3.63) is 40.7 Å². The lowest BCUT2D eigenvalue weighted by atomic mass is 10.2. The third kappa shape index (κ3) is 2.28. The third-order valence-corrected chi connectivity index (χ3v) is 2.43. The second-order valence-corrected chi connectivity index (χ2v) is 3.71. The third-order valence-electron chi connectivity index (χ3n) is 2.43. The predicted octanol–water partition coefficient (Wildman–Crippen LogP) is 0.781. The quantitative estimate of drug-likeness (QED) is 0.820. The fourth-order valence-corrected chi connectivity index (χ4v) is 1.50. The molecule has 2 aromatic rings. The largest absolute Gasteiger partial charge is 0.479 e. The van der Waals surface area contributed by atoms with Gasteiger partial charge in [0.1, 0.15) is 5.75 Å². The van der Waals surface area contributed by atoms with Gasteiger partial charge in [0.2, 0.25) is 5.56 Å². The normalized spacial score (nSPS) is 12.3. The van der Waals surface area contributed by atoms with Gasteiger partial charge < -0.3 is 15.5 Å². The Morgan fingerprint density at radius 2 is 2.12 bits per heavy atom. The molecule has 5 nitrogen and oxygen atoms in total. The first-order valence-electron chi connectivity index (χ1n) is 5.16. The summed E-state index contributed by atoms with van der Waals surface area (Å²) in [5, 5.41) is 0.832. The molecule has 5 heteroatoms. The Hall–Kier alpha value is -2.30. The van der Waals surface area contributed by atoms with E-state index >= 15 is 0 Å². The predicted molar refractivity (Wildman–Crippen MR) is 63.9 cm³/mol. The van der Waals surface area contributed by atoms with Crippen molar-refractivity contribution in [2.45, 2.75) is 13.0 Å². The Labute approximate surface area is 97.2 Å². The number of primary amides is 1. The highest BCUT2D eigenvalue weighted by Crippen LogP contribution is 2.22. The van der Waals surface area contributed by atoms with Crippen LogP contribution in [0, 0.1) is 0 Å². The highest BCUT2D eigenvalue weighted by atomic mass is 16.5. The number of carbonyl (C=O) groups is 1. The average Bonchev–Trinajstić information content (AvgIpc) is 2.29. The molecular formula is C12H12N2O3. The second kappa shape index (κ2) is 4.29. The molecule has 0 radical (unpaired) electrons. The van der Waals surface area contributed by atoms with Gasteiger partial charge in [-0.25, -0.2) is 0 Å². The van der Waals surface area contributed by atoms with Gasteiger partial charge in [0, 0.05) is 11.5 Å². The molecule has 1 heterocycles. The van der Waals surface area contributed by atoms with Crippen LogP contribution in [0.15, 0.2) is 35.1 Å². The minimum Gasteiger partial charge on any atom is -0.479 e. The minimum absolute atomic E-state index is 0.222. The molecular weight excluding hydrogens is 220 g/mol. The van der Waals surface area contributed by atoms with Crippen LogP contribution in [0.2, 0.25) is 0 Å². The first-order chi connectivity index (χ1) is 8.08. The van der Waals surface area contributed by atoms with Crippen molar-refractivity contribution < 1.29 is 9.53 Å². The van der Waals surface area contributed by atoms with Crippen LogP contribution >= 0.6 is 0 Å². The highest BCUT2D eigenvalue weighted by Gasteiger charge is 2.12. The maximum absolute atomic E-state index is 11.3. The number of aromatic amines is 1. The molecule has 0 aliphatic rings. The zero-order chi connectivity index (χ0) is 12.4. The lowest BCUT2D eigenvalue weighted by molar-refractivity contribution is -0.123. The molecule has 0 saturated heterocycles. The number of H-pyrrole nitrogens is 1. The fraction of sp³-hybridized carbons (Fsp3) is 0.167. The zero-order valence-electron chi connectivity index (χ0n) is 9.27. The van der Waals surface area contributed by atoms with E-state index in [0.29, 0.717) is 11.3 Å². The summed E-state index contributed by atoms with van der Waals surface area (Å²) < 4.78 is 5.40. The first kappa shape index (κ1) is 11.2. The van der Waals surface area contributed by atoms with Crippen LogP contribution in [0.5, 0.6) is 5.75 Å². The van der Waals surface area contributed by atoms with E-state index in [1.165, 1.54) is 6.07 Å². The van der Waals surface area contributed by atoms with Crippen molar-refractivity contribution in [3.8, 4) is 5.75 Å². The summed E-state index contributed by atoms with van der Waals surface area (Å²) in [5.74, 6) is -0.119. The summed E-state index contributed by atoms with van der Waals surface area (Å²) >= 11 is 0. The molecule has 1 aromatic carbocycles. The van der Waals surface area contributed by atoms with Gasteiger partial charge in [-0.05, 0) is 19.1 Å². The molecule has 88 valence electrons. The van der Waals surface area contributed by atoms with Crippen LogP contribution in [-0.2, 0) is 4.79 Å². The van der Waals surface area contributed by atoms with Gasteiger partial charge in [0.15, 0.2) is 6.10 Å². The van der Waals surface area contributed by atoms with Crippen LogP contribution in [-0.4, -0.2) is 17.0 Å². The summed E-state index contributed by atoms with van der Waals surface area (Å²) in [4.78, 5) is 24.9. The number of nitrogens with two attached hydrogens (primary N) is 1. The summed E-state index contributed by atoms with van der Waals surface area (Å²) in [6.07, 6.45) is -0.746. The van der Waals surface area contributed by atoms with E-state index in [1.54, 1.807) is 25.1 Å². The Balaban J connectivity index is 2.50. The molecule has 17 heavy (non-hydrogen) atoms. The van der Waals surface area contributed by atoms with Crippen LogP contribution in [0.3, 0.4) is 0 Å². The molecule has 1 atom stereocenters. The van der Waals surface area contributed by atoms with Crippen molar-refractivity contribution in [1.82, 2.24) is 4.98 Å². The Bertz CT molecular complexity index is 618. The molecule has 2 rings (SSSR count). The standard InChI is InChI=1S/C12H12N2O3/c1-7(12(13)16)17-9-4-2-3-8-5-6-10(15)14-11(8)9/h2-7H,1H3,(H2,13,16)(H,14,15). The molecule has 1 unspecified atom stereocenters. The van der Waals surface area contributed by atoms with E-state index in [2.05, 4.69) is 4.98 Å². The molecule has 0 bridgehead atoms. The number of nitrogens with one attached hydrogen (secondary N) is 1. The van der Waals surface area contributed by atoms with E-state index in [9.17, 15) is 9.59 Å². The molecule has 0 aliphatic heterocycles. The number of ether oxygens (including phenoxy) is 1. The van der Waals surface area contributed by atoms with Gasteiger partial charge in [0.25, 0.3) is 5.91 Å². The molecule has 0 spiro atoms. The maximum atomic E-state index is 11.3. The first-order valence-corrected chi connectivity index (χ1v) is 5.16. The second-order valence-electron chi connectivity index (χ2n) is 3.71. The van der Waals surface area contributed by atoms with Crippen molar-refractivity contribution in [2.75, 3.05) is 0 Å². The monoisotopic (exact) mass is 232 g/mol. The summed E-state index contributed by atoms with van der Waals surface area (Å²) in [5.41, 5.74) is 5.46. The number of hydrogen-bond acceptors (Lipinski definition) is 3. The molecule has 1 amide bonds. The number of hydrogen-bond donors (Lipinski definition) is 2. The van der Waals surface area contributed by atoms with Gasteiger partial charge in [-0.3, -0.25) is 9.59 Å². The van der Waals surface area contributed by atoms with Crippen LogP contribution < -0.4 is 16.0 Å². The fourth-order valence-electron chi connectivity index (χ4n) is 1.50. The molecule has 0 saturated carbocycles. The molecule has 3 N–H and O–H groups in total. The number of aromatic nitrogens is 1.